The minimum atomic E-state index is -5.30. The van der Waals surface area contributed by atoms with E-state index in [0.29, 0.717) is 0 Å². The average Bonchev–Trinajstić information content (AvgIpc) is 2.70. The summed E-state index contributed by atoms with van der Waals surface area (Å²) >= 11 is -3.34. The predicted octanol–water partition coefficient (Wildman–Crippen LogP) is 1.58. The molecule has 0 bridgehead atoms. The van der Waals surface area contributed by atoms with E-state index in [0.717, 1.165) is 0 Å². The fraction of sp³-hybridized carbons (Fsp3) is 0.471. The van der Waals surface area contributed by atoms with E-state index in [1.54, 1.807) is 0 Å². The number of carbonyl (C=O) groups excluding carboxylic acids is 3. The average molecular weight is 662 g/mol. The molecular formula is C17H17F6HgNO7. The second-order valence-electron chi connectivity index (χ2n) is 6.03. The van der Waals surface area contributed by atoms with Crippen LogP contribution < -0.4 is 17.9 Å². The van der Waals surface area contributed by atoms with Gasteiger partial charge in [-0.15, -0.1) is 0 Å². The summed E-state index contributed by atoms with van der Waals surface area (Å²) < 4.78 is 94.7. The minimum absolute atomic E-state index is 0.0276. The monoisotopic (exact) mass is 663 g/mol. The van der Waals surface area contributed by atoms with E-state index in [1.807, 2.05) is 0 Å². The quantitative estimate of drug-likeness (QED) is 0.244. The first-order chi connectivity index (χ1) is 14.7. The van der Waals surface area contributed by atoms with Gasteiger partial charge in [0.2, 0.25) is 0 Å². The summed E-state index contributed by atoms with van der Waals surface area (Å²) in [5, 5.41) is 1.50. The first kappa shape index (κ1) is 27.8. The van der Waals surface area contributed by atoms with Gasteiger partial charge in [-0.05, 0) is 0 Å². The number of ether oxygens (including phenoxy) is 3. The Balaban J connectivity index is 3.34. The molecule has 1 rings (SSSR count). The molecule has 1 N–H and O–H groups in total. The van der Waals surface area contributed by atoms with Gasteiger partial charge >= 0.3 is 191 Å². The normalized spacial score (nSPS) is 12.3. The first-order valence-electron chi connectivity index (χ1n) is 8.76. The summed E-state index contributed by atoms with van der Waals surface area (Å²) in [6.07, 6.45) is -11.1. The number of benzene rings is 1. The van der Waals surface area contributed by atoms with Crippen molar-refractivity contribution in [2.45, 2.75) is 31.7 Å². The fourth-order valence-electron chi connectivity index (χ4n) is 2.41. The Morgan fingerprint density at radius 2 is 1.56 bits per heavy atom. The van der Waals surface area contributed by atoms with Gasteiger partial charge < -0.3 is 0 Å². The zero-order valence-corrected chi connectivity index (χ0v) is 22.5. The molecule has 0 saturated carbocycles. The van der Waals surface area contributed by atoms with E-state index in [2.05, 4.69) is 7.38 Å². The van der Waals surface area contributed by atoms with Gasteiger partial charge in [-0.2, -0.15) is 0 Å². The molecule has 32 heavy (non-hydrogen) atoms. The molecule has 1 aromatic carbocycles. The van der Waals surface area contributed by atoms with Crippen molar-refractivity contribution in [3.8, 4) is 11.5 Å². The Labute approximate surface area is 190 Å². The van der Waals surface area contributed by atoms with Crippen LogP contribution in [0, 0.1) is 0 Å². The predicted molar refractivity (Wildman–Crippen MR) is 89.6 cm³/mol. The van der Waals surface area contributed by atoms with Gasteiger partial charge in [0.1, 0.15) is 0 Å². The van der Waals surface area contributed by atoms with Crippen LogP contribution in [0.15, 0.2) is 12.1 Å². The van der Waals surface area contributed by atoms with Crippen LogP contribution in [0.25, 0.3) is 0 Å². The SMILES string of the molecule is CCOC(=O)[C@H](Cc1cc(OC)c(OC)c[c]1[Hg][O]C(=O)C(F)(F)F)NC(=O)C(F)(F)F. The molecule has 0 aromatic heterocycles. The molecule has 0 aliphatic rings. The molecule has 0 heterocycles. The van der Waals surface area contributed by atoms with E-state index in [4.69, 9.17) is 9.47 Å². The summed E-state index contributed by atoms with van der Waals surface area (Å²) in [5.41, 5.74) is 0.0276. The van der Waals surface area contributed by atoms with E-state index in [-0.39, 0.29) is 26.7 Å². The zero-order valence-electron chi connectivity index (χ0n) is 17.0. The van der Waals surface area contributed by atoms with E-state index >= 15 is 0 Å². The molecule has 0 aliphatic heterocycles. The van der Waals surface area contributed by atoms with Crippen molar-refractivity contribution in [3.05, 3.63) is 17.7 Å². The van der Waals surface area contributed by atoms with Gasteiger partial charge in [-0.3, -0.25) is 0 Å². The molecule has 0 saturated heterocycles. The summed E-state index contributed by atoms with van der Waals surface area (Å²) in [6, 6.07) is 0.599. The van der Waals surface area contributed by atoms with Crippen LogP contribution in [-0.4, -0.2) is 57.1 Å². The maximum atomic E-state index is 12.7. The number of carbonyl (C=O) groups is 3. The molecule has 0 unspecified atom stereocenters. The molecule has 1 amide bonds. The van der Waals surface area contributed by atoms with Crippen LogP contribution in [0.4, 0.5) is 26.3 Å². The van der Waals surface area contributed by atoms with Gasteiger partial charge in [0, 0.05) is 0 Å². The van der Waals surface area contributed by atoms with Crippen LogP contribution in [0.1, 0.15) is 12.5 Å². The van der Waals surface area contributed by atoms with Gasteiger partial charge in [-0.1, -0.05) is 0 Å². The summed E-state index contributed by atoms with van der Waals surface area (Å²) in [4.78, 5) is 34.6. The Morgan fingerprint density at radius 1 is 1.00 bits per heavy atom. The molecule has 0 radical (unpaired) electrons. The number of hydrogen-bond donors (Lipinski definition) is 1. The van der Waals surface area contributed by atoms with Crippen molar-refractivity contribution in [1.29, 1.82) is 0 Å². The molecule has 8 nitrogen and oxygen atoms in total. The number of hydrogen-bond acceptors (Lipinski definition) is 7. The van der Waals surface area contributed by atoms with Gasteiger partial charge in [0.05, 0.1) is 0 Å². The summed E-state index contributed by atoms with van der Waals surface area (Å²) in [6.45, 7) is 1.18. The summed E-state index contributed by atoms with van der Waals surface area (Å²) in [5.74, 6) is -5.92. The number of alkyl halides is 6. The molecule has 1 aromatic rings. The van der Waals surface area contributed by atoms with E-state index < -0.39 is 67.7 Å². The van der Waals surface area contributed by atoms with Crippen LogP contribution in [0.5, 0.6) is 11.5 Å². The third-order valence-corrected chi connectivity index (χ3v) is 9.20. The Kier molecular flexibility index (Phi) is 10.0. The number of esters is 1. The molecular weight excluding hydrogens is 645 g/mol. The molecule has 0 fully saturated rings. The van der Waals surface area contributed by atoms with Crippen LogP contribution in [-0.2, 0) is 53.2 Å². The Bertz CT molecular complexity index is 844. The van der Waals surface area contributed by atoms with E-state index in [1.165, 1.54) is 38.6 Å². The van der Waals surface area contributed by atoms with Gasteiger partial charge in [-0.25, -0.2) is 0 Å². The standard InChI is InChI=1S/C15H17F3NO5.C2HF3O2.Hg/c1-4-24-13(20)10(19-14(21)15(16,17)18)7-9-5-6-11(22-2)12(8-9)23-3;3-2(4,5)1(6)7;/h6,8,10H,4,7H2,1-3H3,(H,19,21);(H,6,7);/q;;+1/p-1/t10-;;/m0../s1. The number of rotatable bonds is 9. The fourth-order valence-corrected chi connectivity index (χ4v) is 6.88. The van der Waals surface area contributed by atoms with Crippen LogP contribution >= 0.6 is 0 Å². The molecule has 1 atom stereocenters. The van der Waals surface area contributed by atoms with Crippen LogP contribution in [0.3, 0.4) is 0 Å². The maximum absolute atomic E-state index is 12.7. The van der Waals surface area contributed by atoms with Gasteiger partial charge in [0.15, 0.2) is 0 Å². The van der Waals surface area contributed by atoms with Crippen LogP contribution in [0.2, 0.25) is 0 Å². The van der Waals surface area contributed by atoms with Crippen molar-refractivity contribution in [3.63, 3.8) is 0 Å². The third-order valence-electron chi connectivity index (χ3n) is 3.85. The number of nitrogens with one attached hydrogen (secondary N) is 1. The first-order valence-corrected chi connectivity index (χ1v) is 13.8. The number of amides is 1. The molecule has 176 valence electrons. The Hall–Kier alpha value is -2.25. The van der Waals surface area contributed by atoms with Crippen molar-refractivity contribution >= 4 is 20.9 Å². The topological polar surface area (TPSA) is 100 Å². The molecule has 0 spiro atoms. The third kappa shape index (κ3) is 8.02. The number of halogens is 6. The molecule has 0 aliphatic carbocycles. The number of methoxy groups -OCH3 is 2. The van der Waals surface area contributed by atoms with E-state index in [9.17, 15) is 40.7 Å². The second kappa shape index (κ2) is 11.6. The Morgan fingerprint density at radius 3 is 2.03 bits per heavy atom. The van der Waals surface area contributed by atoms with Gasteiger partial charge in [0.25, 0.3) is 0 Å². The zero-order chi connectivity index (χ0) is 24.7. The van der Waals surface area contributed by atoms with Crippen molar-refractivity contribution < 1.29 is 82.6 Å². The van der Waals surface area contributed by atoms with Crippen molar-refractivity contribution in [1.82, 2.24) is 5.32 Å². The van der Waals surface area contributed by atoms with Crippen molar-refractivity contribution in [2.24, 2.45) is 0 Å². The molecule has 15 heteroatoms. The van der Waals surface area contributed by atoms with Crippen molar-refractivity contribution in [2.75, 3.05) is 20.8 Å². The summed E-state index contributed by atoms with van der Waals surface area (Å²) in [7, 11) is 2.45. The second-order valence-corrected chi connectivity index (χ2v) is 11.2.